The van der Waals surface area contributed by atoms with E-state index in [1.54, 1.807) is 12.4 Å². The molecule has 0 bridgehead atoms. The summed E-state index contributed by atoms with van der Waals surface area (Å²) in [5, 5.41) is 3.85. The number of rotatable bonds is 5. The third-order valence-corrected chi connectivity index (χ3v) is 5.00. The smallest absolute Gasteiger partial charge is 0.252 e. The van der Waals surface area contributed by atoms with Gasteiger partial charge in [-0.05, 0) is 36.4 Å². The molecule has 6 nitrogen and oxygen atoms in total. The third-order valence-electron chi connectivity index (χ3n) is 5.00. The highest BCUT2D eigenvalue weighted by Crippen LogP contribution is 2.24. The van der Waals surface area contributed by atoms with Gasteiger partial charge in [0.2, 0.25) is 0 Å². The molecular weight excluding hydrogens is 374 g/mol. The molecule has 30 heavy (non-hydrogen) atoms. The lowest BCUT2D eigenvalue weighted by molar-refractivity contribution is 0.0955. The number of fused-ring (bicyclic) bond motifs is 2. The van der Waals surface area contributed by atoms with E-state index in [1.165, 1.54) is 0 Å². The number of nitrogens with zero attached hydrogens (tertiary/aromatic N) is 3. The molecule has 0 fully saturated rings. The highest BCUT2D eigenvalue weighted by molar-refractivity contribution is 6.07. The van der Waals surface area contributed by atoms with Crippen molar-refractivity contribution < 1.29 is 4.79 Å². The summed E-state index contributed by atoms with van der Waals surface area (Å²) in [5.41, 5.74) is 4.91. The van der Waals surface area contributed by atoms with Gasteiger partial charge in [0, 0.05) is 36.3 Å². The molecule has 0 aliphatic rings. The number of nitrogens with one attached hydrogen (secondary N) is 2. The zero-order valence-corrected chi connectivity index (χ0v) is 16.2. The molecule has 2 N–H and O–H groups in total. The molecule has 0 saturated heterocycles. The van der Waals surface area contributed by atoms with Gasteiger partial charge in [-0.3, -0.25) is 9.78 Å². The molecule has 0 spiro atoms. The minimum atomic E-state index is -0.130. The lowest BCUT2D eigenvalue weighted by Gasteiger charge is -2.10. The van der Waals surface area contributed by atoms with Crippen LogP contribution >= 0.6 is 0 Å². The lowest BCUT2D eigenvalue weighted by Crippen LogP contribution is -2.26. The van der Waals surface area contributed by atoms with E-state index in [2.05, 4.69) is 20.3 Å². The van der Waals surface area contributed by atoms with Crippen molar-refractivity contribution in [3.8, 4) is 11.3 Å². The van der Waals surface area contributed by atoms with Crippen LogP contribution in [-0.2, 0) is 6.42 Å². The van der Waals surface area contributed by atoms with E-state index in [4.69, 9.17) is 4.98 Å². The monoisotopic (exact) mass is 393 g/mol. The fraction of sp³-hybridized carbons (Fsp3) is 0.0833. The van der Waals surface area contributed by atoms with Crippen LogP contribution in [-0.4, -0.2) is 32.4 Å². The first kappa shape index (κ1) is 18.0. The quantitative estimate of drug-likeness (QED) is 0.470. The topological polar surface area (TPSA) is 83.6 Å². The number of aromatic nitrogens is 4. The molecule has 3 heterocycles. The van der Waals surface area contributed by atoms with Crippen molar-refractivity contribution in [3.05, 3.63) is 90.5 Å². The largest absolute Gasteiger partial charge is 0.352 e. The fourth-order valence-electron chi connectivity index (χ4n) is 3.54. The predicted molar refractivity (Wildman–Crippen MR) is 117 cm³/mol. The minimum Gasteiger partial charge on any atom is -0.352 e. The second kappa shape index (κ2) is 7.75. The molecule has 2 aromatic carbocycles. The SMILES string of the molecule is O=C(NCCc1nc2ccccc2[nH]1)c1cc(-c2cccnc2)nc2ccccc12. The van der Waals surface area contributed by atoms with Crippen LogP contribution in [0.25, 0.3) is 33.2 Å². The first-order valence-corrected chi connectivity index (χ1v) is 9.80. The molecule has 0 radical (unpaired) electrons. The van der Waals surface area contributed by atoms with Gasteiger partial charge in [-0.25, -0.2) is 9.97 Å². The molecule has 1 amide bonds. The number of carbonyl (C=O) groups excluding carboxylic acids is 1. The van der Waals surface area contributed by atoms with E-state index in [9.17, 15) is 4.79 Å². The van der Waals surface area contributed by atoms with Gasteiger partial charge >= 0.3 is 0 Å². The maximum atomic E-state index is 13.0. The average Bonchev–Trinajstić information content (AvgIpc) is 3.21. The Balaban J connectivity index is 1.39. The molecule has 5 aromatic rings. The van der Waals surface area contributed by atoms with Crippen molar-refractivity contribution >= 4 is 27.8 Å². The highest BCUT2D eigenvalue weighted by Gasteiger charge is 2.14. The number of para-hydroxylation sites is 3. The van der Waals surface area contributed by atoms with Crippen molar-refractivity contribution in [3.63, 3.8) is 0 Å². The molecule has 146 valence electrons. The second-order valence-corrected chi connectivity index (χ2v) is 7.02. The van der Waals surface area contributed by atoms with Gasteiger partial charge in [0.1, 0.15) is 5.82 Å². The van der Waals surface area contributed by atoms with Gasteiger partial charge in [0.25, 0.3) is 5.91 Å². The van der Waals surface area contributed by atoms with Gasteiger partial charge < -0.3 is 10.3 Å². The summed E-state index contributed by atoms with van der Waals surface area (Å²) in [7, 11) is 0. The highest BCUT2D eigenvalue weighted by atomic mass is 16.1. The van der Waals surface area contributed by atoms with Crippen LogP contribution in [0.15, 0.2) is 79.1 Å². The van der Waals surface area contributed by atoms with Crippen molar-refractivity contribution in [2.75, 3.05) is 6.54 Å². The molecule has 6 heteroatoms. The predicted octanol–water partition coefficient (Wildman–Crippen LogP) is 4.15. The number of carbonyl (C=O) groups is 1. The van der Waals surface area contributed by atoms with E-state index in [1.807, 2.05) is 66.7 Å². The van der Waals surface area contributed by atoms with Crippen molar-refractivity contribution in [2.24, 2.45) is 0 Å². The fourth-order valence-corrected chi connectivity index (χ4v) is 3.54. The summed E-state index contributed by atoms with van der Waals surface area (Å²) in [6.07, 6.45) is 4.09. The Labute approximate surface area is 173 Å². The van der Waals surface area contributed by atoms with Crippen molar-refractivity contribution in [1.29, 1.82) is 0 Å². The zero-order chi connectivity index (χ0) is 20.3. The van der Waals surface area contributed by atoms with E-state index in [0.717, 1.165) is 39.0 Å². The number of H-pyrrole nitrogens is 1. The van der Waals surface area contributed by atoms with Crippen LogP contribution < -0.4 is 5.32 Å². The van der Waals surface area contributed by atoms with Crippen molar-refractivity contribution in [1.82, 2.24) is 25.3 Å². The average molecular weight is 393 g/mol. The van der Waals surface area contributed by atoms with E-state index in [-0.39, 0.29) is 5.91 Å². The summed E-state index contributed by atoms with van der Waals surface area (Å²) in [5.74, 6) is 0.724. The van der Waals surface area contributed by atoms with Gasteiger partial charge in [-0.2, -0.15) is 0 Å². The lowest BCUT2D eigenvalue weighted by atomic mass is 10.0. The summed E-state index contributed by atoms with van der Waals surface area (Å²) in [4.78, 5) is 29.7. The Morgan fingerprint density at radius 2 is 1.77 bits per heavy atom. The van der Waals surface area contributed by atoms with Gasteiger partial charge in [-0.15, -0.1) is 0 Å². The molecule has 5 rings (SSSR count). The Morgan fingerprint density at radius 3 is 2.60 bits per heavy atom. The maximum Gasteiger partial charge on any atom is 0.252 e. The summed E-state index contributed by atoms with van der Waals surface area (Å²) in [6.45, 7) is 0.484. The maximum absolute atomic E-state index is 13.0. The Bertz CT molecular complexity index is 1310. The molecule has 3 aromatic heterocycles. The van der Waals surface area contributed by atoms with Crippen LogP contribution in [0.2, 0.25) is 0 Å². The number of benzene rings is 2. The van der Waals surface area contributed by atoms with Crippen LogP contribution in [0, 0.1) is 0 Å². The van der Waals surface area contributed by atoms with Gasteiger partial charge in [0.15, 0.2) is 0 Å². The first-order chi connectivity index (χ1) is 14.8. The minimum absolute atomic E-state index is 0.130. The van der Waals surface area contributed by atoms with E-state index < -0.39 is 0 Å². The van der Waals surface area contributed by atoms with Crippen LogP contribution in [0.3, 0.4) is 0 Å². The summed E-state index contributed by atoms with van der Waals surface area (Å²) in [6, 6.07) is 21.2. The molecular formula is C24H19N5O. The Kier molecular flexibility index (Phi) is 4.65. The van der Waals surface area contributed by atoms with Gasteiger partial charge in [-0.1, -0.05) is 30.3 Å². The number of aromatic amines is 1. The van der Waals surface area contributed by atoms with E-state index >= 15 is 0 Å². The zero-order valence-electron chi connectivity index (χ0n) is 16.2. The summed E-state index contributed by atoms with van der Waals surface area (Å²) < 4.78 is 0. The van der Waals surface area contributed by atoms with Crippen LogP contribution in [0.4, 0.5) is 0 Å². The van der Waals surface area contributed by atoms with Crippen LogP contribution in [0.1, 0.15) is 16.2 Å². The van der Waals surface area contributed by atoms with Crippen LogP contribution in [0.5, 0.6) is 0 Å². The molecule has 0 saturated carbocycles. The first-order valence-electron chi connectivity index (χ1n) is 9.80. The number of amides is 1. The third kappa shape index (κ3) is 3.51. The molecule has 0 unspecified atom stereocenters. The summed E-state index contributed by atoms with van der Waals surface area (Å²) >= 11 is 0. The second-order valence-electron chi connectivity index (χ2n) is 7.02. The molecule has 0 aliphatic carbocycles. The number of hydrogen-bond donors (Lipinski definition) is 2. The Morgan fingerprint density at radius 1 is 0.933 bits per heavy atom. The standard InChI is InChI=1S/C24H19N5O/c30-24(26-13-11-23-28-20-9-3-4-10-21(20)29-23)18-14-22(16-6-5-12-25-15-16)27-19-8-2-1-7-17(18)19/h1-10,12,14-15H,11,13H2,(H,26,30)(H,28,29). The Hall–Kier alpha value is -4.06. The van der Waals surface area contributed by atoms with E-state index in [0.29, 0.717) is 18.5 Å². The number of hydrogen-bond acceptors (Lipinski definition) is 4. The normalized spacial score (nSPS) is 11.1. The number of pyridine rings is 2. The molecule has 0 atom stereocenters. The molecule has 0 aliphatic heterocycles. The van der Waals surface area contributed by atoms with Gasteiger partial charge in [0.05, 0.1) is 27.8 Å². The van der Waals surface area contributed by atoms with Crippen molar-refractivity contribution in [2.45, 2.75) is 6.42 Å². The number of imidazole rings is 1.